The van der Waals surface area contributed by atoms with Crippen molar-refractivity contribution in [1.82, 2.24) is 10.3 Å². The fraction of sp³-hybridized carbons (Fsp3) is 0.400. The lowest BCUT2D eigenvalue weighted by molar-refractivity contribution is 0.0937. The third-order valence-electron chi connectivity index (χ3n) is 2.90. The average molecular weight is 244 g/mol. The Morgan fingerprint density at radius 3 is 2.61 bits per heavy atom. The zero-order valence-electron chi connectivity index (χ0n) is 11.4. The van der Waals surface area contributed by atoms with Crippen molar-refractivity contribution >= 4 is 16.7 Å². The first-order chi connectivity index (χ1) is 8.38. The molecule has 1 heterocycles. The molecule has 96 valence electrons. The Morgan fingerprint density at radius 2 is 1.94 bits per heavy atom. The van der Waals surface area contributed by atoms with Crippen LogP contribution in [0.1, 0.15) is 38.1 Å². The van der Waals surface area contributed by atoms with Crippen molar-refractivity contribution in [3.8, 4) is 0 Å². The lowest BCUT2D eigenvalue weighted by Gasteiger charge is -2.25. The quantitative estimate of drug-likeness (QED) is 0.815. The monoisotopic (exact) mass is 244 g/mol. The maximum atomic E-state index is 12.4. The number of aromatic nitrogens is 1. The van der Waals surface area contributed by atoms with Crippen LogP contribution in [0.5, 0.6) is 0 Å². The van der Waals surface area contributed by atoms with Crippen LogP contribution in [0.15, 0.2) is 30.5 Å². The Morgan fingerprint density at radius 1 is 1.28 bits per heavy atom. The molecule has 0 aliphatic heterocycles. The fourth-order valence-corrected chi connectivity index (χ4v) is 2.22. The summed E-state index contributed by atoms with van der Waals surface area (Å²) in [5.41, 5.74) is 1.69. The second-order valence-electron chi connectivity index (χ2n) is 5.73. The Labute approximate surface area is 108 Å². The lowest BCUT2D eigenvalue weighted by atomic mass is 10.0. The number of benzene rings is 1. The van der Waals surface area contributed by atoms with Gasteiger partial charge in [0.05, 0.1) is 6.04 Å². The molecule has 0 amide bonds. The zero-order valence-corrected chi connectivity index (χ0v) is 11.4. The predicted molar refractivity (Wildman–Crippen MR) is 75.0 cm³/mol. The highest BCUT2D eigenvalue weighted by Crippen LogP contribution is 2.19. The Kier molecular flexibility index (Phi) is 3.26. The maximum absolute atomic E-state index is 12.4. The summed E-state index contributed by atoms with van der Waals surface area (Å²) in [6.45, 7) is 8.10. The number of ketones is 1. The highest BCUT2D eigenvalue weighted by atomic mass is 16.1. The number of nitrogens with one attached hydrogen (secondary N) is 2. The van der Waals surface area contributed by atoms with Crippen LogP contribution in [0, 0.1) is 0 Å². The summed E-state index contributed by atoms with van der Waals surface area (Å²) < 4.78 is 0. The van der Waals surface area contributed by atoms with E-state index in [9.17, 15) is 4.79 Å². The SMILES string of the molecule is C[C@H](NC(C)(C)C)C(=O)c1c[nH]c2ccccc12. The molecular formula is C15H20N2O. The number of para-hydroxylation sites is 1. The van der Waals surface area contributed by atoms with E-state index >= 15 is 0 Å². The van der Waals surface area contributed by atoms with E-state index in [0.717, 1.165) is 16.5 Å². The maximum Gasteiger partial charge on any atom is 0.181 e. The number of carbonyl (C=O) groups excluding carboxylic acids is 1. The van der Waals surface area contributed by atoms with E-state index in [-0.39, 0.29) is 17.4 Å². The summed E-state index contributed by atoms with van der Waals surface area (Å²) >= 11 is 0. The lowest BCUT2D eigenvalue weighted by Crippen LogP contribution is -2.46. The second kappa shape index (κ2) is 4.58. The third-order valence-corrected chi connectivity index (χ3v) is 2.90. The highest BCUT2D eigenvalue weighted by Gasteiger charge is 2.22. The molecule has 0 aliphatic carbocycles. The van der Waals surface area contributed by atoms with Crippen molar-refractivity contribution in [1.29, 1.82) is 0 Å². The van der Waals surface area contributed by atoms with Gasteiger partial charge < -0.3 is 10.3 Å². The van der Waals surface area contributed by atoms with Gasteiger partial charge in [-0.2, -0.15) is 0 Å². The van der Waals surface area contributed by atoms with Gasteiger partial charge in [-0.25, -0.2) is 0 Å². The van der Waals surface area contributed by atoms with Gasteiger partial charge in [-0.05, 0) is 33.8 Å². The van der Waals surface area contributed by atoms with E-state index in [1.54, 1.807) is 6.20 Å². The van der Waals surface area contributed by atoms with Crippen LogP contribution in [0.25, 0.3) is 10.9 Å². The van der Waals surface area contributed by atoms with Crippen LogP contribution < -0.4 is 5.32 Å². The predicted octanol–water partition coefficient (Wildman–Crippen LogP) is 3.13. The Hall–Kier alpha value is -1.61. The molecule has 0 saturated carbocycles. The van der Waals surface area contributed by atoms with Crippen molar-refractivity contribution in [2.24, 2.45) is 0 Å². The number of fused-ring (bicyclic) bond motifs is 1. The molecule has 3 heteroatoms. The van der Waals surface area contributed by atoms with E-state index in [1.165, 1.54) is 0 Å². The van der Waals surface area contributed by atoms with Gasteiger partial charge in [-0.3, -0.25) is 4.79 Å². The topological polar surface area (TPSA) is 44.9 Å². The molecule has 1 aromatic heterocycles. The van der Waals surface area contributed by atoms with E-state index in [0.29, 0.717) is 0 Å². The Bertz CT molecular complexity index is 563. The van der Waals surface area contributed by atoms with Gasteiger partial charge in [0.25, 0.3) is 0 Å². The number of carbonyl (C=O) groups is 1. The molecule has 0 spiro atoms. The Balaban J connectivity index is 2.29. The molecule has 18 heavy (non-hydrogen) atoms. The summed E-state index contributed by atoms with van der Waals surface area (Å²) in [7, 11) is 0. The number of hydrogen-bond donors (Lipinski definition) is 2. The van der Waals surface area contributed by atoms with Gasteiger partial charge in [0, 0.05) is 28.2 Å². The van der Waals surface area contributed by atoms with Gasteiger partial charge in [-0.1, -0.05) is 18.2 Å². The third kappa shape index (κ3) is 2.62. The smallest absolute Gasteiger partial charge is 0.181 e. The fourth-order valence-electron chi connectivity index (χ4n) is 2.22. The van der Waals surface area contributed by atoms with Gasteiger partial charge in [-0.15, -0.1) is 0 Å². The first-order valence-electron chi connectivity index (χ1n) is 6.26. The molecule has 2 N–H and O–H groups in total. The number of aromatic amines is 1. The number of H-pyrrole nitrogens is 1. The van der Waals surface area contributed by atoms with Crippen LogP contribution in [0.4, 0.5) is 0 Å². The summed E-state index contributed by atoms with van der Waals surface area (Å²) in [6, 6.07) is 7.68. The van der Waals surface area contributed by atoms with Crippen LogP contribution in [-0.2, 0) is 0 Å². The molecular weight excluding hydrogens is 224 g/mol. The molecule has 0 radical (unpaired) electrons. The first kappa shape index (κ1) is 12.8. The van der Waals surface area contributed by atoms with Gasteiger partial charge in [0.15, 0.2) is 5.78 Å². The molecule has 0 saturated heterocycles. The molecule has 2 rings (SSSR count). The normalized spacial score (nSPS) is 13.8. The van der Waals surface area contributed by atoms with E-state index in [1.807, 2.05) is 31.2 Å². The summed E-state index contributed by atoms with van der Waals surface area (Å²) in [5, 5.41) is 4.30. The highest BCUT2D eigenvalue weighted by molar-refractivity contribution is 6.10. The van der Waals surface area contributed by atoms with E-state index in [4.69, 9.17) is 0 Å². The standard InChI is InChI=1S/C15H20N2O/c1-10(17-15(2,3)4)14(18)12-9-16-13-8-6-5-7-11(12)13/h5-10,16-17H,1-4H3/t10-/m0/s1. The van der Waals surface area contributed by atoms with E-state index < -0.39 is 0 Å². The van der Waals surface area contributed by atoms with Crippen molar-refractivity contribution in [3.63, 3.8) is 0 Å². The molecule has 1 atom stereocenters. The van der Waals surface area contributed by atoms with Gasteiger partial charge >= 0.3 is 0 Å². The molecule has 0 bridgehead atoms. The minimum atomic E-state index is -0.191. The zero-order chi connectivity index (χ0) is 13.3. The second-order valence-corrected chi connectivity index (χ2v) is 5.73. The van der Waals surface area contributed by atoms with Crippen molar-refractivity contribution in [2.75, 3.05) is 0 Å². The number of hydrogen-bond acceptors (Lipinski definition) is 2. The molecule has 0 unspecified atom stereocenters. The molecule has 3 nitrogen and oxygen atoms in total. The van der Waals surface area contributed by atoms with Crippen LogP contribution >= 0.6 is 0 Å². The molecule has 1 aromatic carbocycles. The van der Waals surface area contributed by atoms with Crippen molar-refractivity contribution < 1.29 is 4.79 Å². The summed E-state index contributed by atoms with van der Waals surface area (Å²) in [6.07, 6.45) is 1.80. The summed E-state index contributed by atoms with van der Waals surface area (Å²) in [5.74, 6) is 0.127. The van der Waals surface area contributed by atoms with Gasteiger partial charge in [0.1, 0.15) is 0 Å². The minimum Gasteiger partial charge on any atom is -0.360 e. The molecule has 0 fully saturated rings. The average Bonchev–Trinajstić information content (AvgIpc) is 2.69. The van der Waals surface area contributed by atoms with E-state index in [2.05, 4.69) is 31.1 Å². The molecule has 0 aliphatic rings. The number of rotatable bonds is 3. The van der Waals surface area contributed by atoms with Crippen LogP contribution in [0.3, 0.4) is 0 Å². The van der Waals surface area contributed by atoms with Crippen LogP contribution in [0.2, 0.25) is 0 Å². The van der Waals surface area contributed by atoms with Gasteiger partial charge in [0.2, 0.25) is 0 Å². The van der Waals surface area contributed by atoms with Crippen molar-refractivity contribution in [2.45, 2.75) is 39.3 Å². The van der Waals surface area contributed by atoms with Crippen LogP contribution in [-0.4, -0.2) is 22.3 Å². The largest absolute Gasteiger partial charge is 0.360 e. The van der Waals surface area contributed by atoms with Crippen molar-refractivity contribution in [3.05, 3.63) is 36.0 Å². The molecule has 2 aromatic rings. The summed E-state index contributed by atoms with van der Waals surface area (Å²) in [4.78, 5) is 15.6. The number of Topliss-reactive ketones (excluding diaryl/α,β-unsaturated/α-hetero) is 1. The minimum absolute atomic E-state index is 0.0683. The first-order valence-corrected chi connectivity index (χ1v) is 6.26.